The average Bonchev–Trinajstić information content (AvgIpc) is 3.08. The molecule has 8 nitrogen and oxygen atoms in total. The topological polar surface area (TPSA) is 81.5 Å². The van der Waals surface area contributed by atoms with Crippen LogP contribution in [0.3, 0.4) is 0 Å². The first-order chi connectivity index (χ1) is 15.4. The van der Waals surface area contributed by atoms with Gasteiger partial charge in [-0.15, -0.1) is 0 Å². The molecule has 0 radical (unpaired) electrons. The Morgan fingerprint density at radius 3 is 2.25 bits per heavy atom. The number of nitrogens with zero attached hydrogens (tertiary/aromatic N) is 2. The number of para-hydroxylation sites is 1. The van der Waals surface area contributed by atoms with Crippen LogP contribution in [0.1, 0.15) is 27.7 Å². The minimum atomic E-state index is -0.646. The predicted molar refractivity (Wildman–Crippen MR) is 120 cm³/mol. The van der Waals surface area contributed by atoms with Crippen molar-refractivity contribution in [3.63, 3.8) is 0 Å². The van der Waals surface area contributed by atoms with Crippen LogP contribution in [-0.4, -0.2) is 64.2 Å². The van der Waals surface area contributed by atoms with Crippen LogP contribution < -0.4 is 19.6 Å². The Balaban J connectivity index is 1.98. The molecule has 32 heavy (non-hydrogen) atoms. The summed E-state index contributed by atoms with van der Waals surface area (Å²) in [5.41, 5.74) is 1.17. The summed E-state index contributed by atoms with van der Waals surface area (Å²) >= 11 is 0. The van der Waals surface area contributed by atoms with Gasteiger partial charge in [0, 0.05) is 13.1 Å². The number of hydrogen-bond donors (Lipinski definition) is 0. The molecular weight excluding hydrogens is 412 g/mol. The van der Waals surface area contributed by atoms with Crippen LogP contribution in [0.5, 0.6) is 17.2 Å². The molecule has 0 saturated carbocycles. The van der Waals surface area contributed by atoms with E-state index in [0.717, 1.165) is 0 Å². The Morgan fingerprint density at radius 1 is 1.00 bits per heavy atom. The summed E-state index contributed by atoms with van der Waals surface area (Å²) in [4.78, 5) is 30.6. The minimum absolute atomic E-state index is 0.0752. The van der Waals surface area contributed by atoms with Crippen molar-refractivity contribution in [2.45, 2.75) is 6.04 Å². The molecule has 1 aliphatic heterocycles. The molecule has 3 aromatic rings. The lowest BCUT2D eigenvalue weighted by Crippen LogP contribution is -2.35. The van der Waals surface area contributed by atoms with Crippen molar-refractivity contribution in [3.8, 4) is 17.2 Å². The number of fused-ring (bicyclic) bond motifs is 2. The van der Waals surface area contributed by atoms with Crippen molar-refractivity contribution in [1.82, 2.24) is 9.80 Å². The first kappa shape index (κ1) is 21.7. The van der Waals surface area contributed by atoms with Gasteiger partial charge in [0.2, 0.25) is 11.5 Å². The first-order valence-electron chi connectivity index (χ1n) is 10.2. The Kier molecular flexibility index (Phi) is 5.80. The number of carbonyl (C=O) groups excluding carboxylic acids is 1. The monoisotopic (exact) mass is 438 g/mol. The molecule has 2 heterocycles. The van der Waals surface area contributed by atoms with Gasteiger partial charge in [-0.05, 0) is 43.9 Å². The third kappa shape index (κ3) is 3.46. The van der Waals surface area contributed by atoms with Gasteiger partial charge in [-0.25, -0.2) is 0 Å². The van der Waals surface area contributed by atoms with Gasteiger partial charge in [-0.1, -0.05) is 12.1 Å². The molecule has 1 amide bonds. The van der Waals surface area contributed by atoms with E-state index in [-0.39, 0.29) is 17.1 Å². The second kappa shape index (κ2) is 8.55. The number of rotatable bonds is 7. The highest BCUT2D eigenvalue weighted by Gasteiger charge is 2.43. The van der Waals surface area contributed by atoms with Crippen LogP contribution in [0.15, 0.2) is 45.6 Å². The second-order valence-corrected chi connectivity index (χ2v) is 7.83. The molecular formula is C24H26N2O6. The lowest BCUT2D eigenvalue weighted by molar-refractivity contribution is 0.0716. The molecule has 1 aliphatic rings. The fourth-order valence-corrected chi connectivity index (χ4v) is 4.11. The summed E-state index contributed by atoms with van der Waals surface area (Å²) in [5, 5.41) is 0.436. The van der Waals surface area contributed by atoms with Crippen molar-refractivity contribution in [2.24, 2.45) is 0 Å². The smallest absolute Gasteiger partial charge is 0.290 e. The molecule has 0 aliphatic carbocycles. The van der Waals surface area contributed by atoms with Crippen molar-refractivity contribution < 1.29 is 23.4 Å². The molecule has 0 bridgehead atoms. The Hall–Kier alpha value is -3.52. The zero-order valence-electron chi connectivity index (χ0n) is 18.8. The second-order valence-electron chi connectivity index (χ2n) is 7.83. The van der Waals surface area contributed by atoms with E-state index in [2.05, 4.69) is 0 Å². The zero-order valence-corrected chi connectivity index (χ0v) is 18.8. The van der Waals surface area contributed by atoms with Crippen molar-refractivity contribution in [2.75, 3.05) is 48.5 Å². The highest BCUT2D eigenvalue weighted by Crippen LogP contribution is 2.44. The molecule has 0 unspecified atom stereocenters. The molecule has 0 saturated heterocycles. The van der Waals surface area contributed by atoms with Gasteiger partial charge in [-0.2, -0.15) is 0 Å². The van der Waals surface area contributed by atoms with Crippen molar-refractivity contribution >= 4 is 16.9 Å². The van der Waals surface area contributed by atoms with E-state index in [1.807, 2.05) is 19.0 Å². The number of carbonyl (C=O) groups is 1. The number of amides is 1. The van der Waals surface area contributed by atoms with Crippen LogP contribution >= 0.6 is 0 Å². The molecule has 168 valence electrons. The van der Waals surface area contributed by atoms with Crippen LogP contribution in [-0.2, 0) is 0 Å². The first-order valence-corrected chi connectivity index (χ1v) is 10.2. The third-order valence-corrected chi connectivity index (χ3v) is 5.66. The van der Waals surface area contributed by atoms with Crippen molar-refractivity contribution in [3.05, 3.63) is 63.5 Å². The largest absolute Gasteiger partial charge is 0.493 e. The van der Waals surface area contributed by atoms with Crippen LogP contribution in [0.25, 0.3) is 11.0 Å². The third-order valence-electron chi connectivity index (χ3n) is 5.66. The predicted octanol–water partition coefficient (Wildman–Crippen LogP) is 2.93. The summed E-state index contributed by atoms with van der Waals surface area (Å²) in [6.07, 6.45) is 0. The summed E-state index contributed by atoms with van der Waals surface area (Å²) in [7, 11) is 8.44. The number of benzene rings is 2. The Bertz CT molecular complexity index is 1210. The molecule has 0 N–H and O–H groups in total. The van der Waals surface area contributed by atoms with Crippen LogP contribution in [0.4, 0.5) is 0 Å². The fourth-order valence-electron chi connectivity index (χ4n) is 4.11. The van der Waals surface area contributed by atoms with Gasteiger partial charge in [0.1, 0.15) is 5.58 Å². The average molecular weight is 438 g/mol. The molecule has 1 aromatic heterocycles. The van der Waals surface area contributed by atoms with E-state index in [1.54, 1.807) is 41.3 Å². The van der Waals surface area contributed by atoms with E-state index in [0.29, 0.717) is 52.4 Å². The summed E-state index contributed by atoms with van der Waals surface area (Å²) in [5.74, 6) is 1.09. The highest BCUT2D eigenvalue weighted by atomic mass is 16.5. The van der Waals surface area contributed by atoms with Gasteiger partial charge in [0.15, 0.2) is 16.9 Å². The normalized spacial score (nSPS) is 15.4. The van der Waals surface area contributed by atoms with E-state index in [9.17, 15) is 9.59 Å². The standard InChI is InChI=1S/C24H26N2O6/c1-25(2)10-11-26-20(14-12-17(29-3)22(31-5)18(13-14)30-4)19-21(27)15-8-6-7-9-16(15)32-23(19)24(26)28/h6-9,12-13,20H,10-11H2,1-5H3/t20-/m1/s1. The number of ether oxygens (including phenoxy) is 3. The molecule has 0 spiro atoms. The molecule has 4 rings (SSSR count). The molecule has 8 heteroatoms. The zero-order chi connectivity index (χ0) is 23.0. The lowest BCUT2D eigenvalue weighted by atomic mass is 9.97. The quantitative estimate of drug-likeness (QED) is 0.561. The lowest BCUT2D eigenvalue weighted by Gasteiger charge is -2.27. The maximum Gasteiger partial charge on any atom is 0.290 e. The van der Waals surface area contributed by atoms with Gasteiger partial charge >= 0.3 is 0 Å². The summed E-state index contributed by atoms with van der Waals surface area (Å²) in [6, 6.07) is 9.85. The highest BCUT2D eigenvalue weighted by molar-refractivity contribution is 5.99. The fraction of sp³-hybridized carbons (Fsp3) is 0.333. The minimum Gasteiger partial charge on any atom is -0.493 e. The van der Waals surface area contributed by atoms with E-state index >= 15 is 0 Å². The van der Waals surface area contributed by atoms with E-state index in [4.69, 9.17) is 18.6 Å². The van der Waals surface area contributed by atoms with Gasteiger partial charge in [0.25, 0.3) is 5.91 Å². The molecule has 2 aromatic carbocycles. The molecule has 0 fully saturated rings. The Morgan fingerprint density at radius 2 is 1.66 bits per heavy atom. The van der Waals surface area contributed by atoms with Gasteiger partial charge in [-0.3, -0.25) is 9.59 Å². The van der Waals surface area contributed by atoms with E-state index in [1.165, 1.54) is 21.3 Å². The maximum atomic E-state index is 13.5. The number of methoxy groups -OCH3 is 3. The van der Waals surface area contributed by atoms with Gasteiger partial charge in [0.05, 0.1) is 38.3 Å². The maximum absolute atomic E-state index is 13.5. The molecule has 1 atom stereocenters. The van der Waals surface area contributed by atoms with Crippen LogP contribution in [0, 0.1) is 0 Å². The van der Waals surface area contributed by atoms with Crippen LogP contribution in [0.2, 0.25) is 0 Å². The summed E-state index contributed by atoms with van der Waals surface area (Å²) < 4.78 is 22.4. The SMILES string of the molecule is COc1cc([C@@H]2c3c(oc4ccccc4c3=O)C(=O)N2CCN(C)C)cc(OC)c1OC. The number of likely N-dealkylation sites (N-methyl/N-ethyl adjacent to an activating group) is 1. The van der Waals surface area contributed by atoms with Gasteiger partial charge < -0.3 is 28.4 Å². The Labute approximate surface area is 185 Å². The number of hydrogen-bond acceptors (Lipinski definition) is 7. The van der Waals surface area contributed by atoms with E-state index < -0.39 is 6.04 Å². The van der Waals surface area contributed by atoms with Crippen molar-refractivity contribution in [1.29, 1.82) is 0 Å². The summed E-state index contributed by atoms with van der Waals surface area (Å²) in [6.45, 7) is 1.03.